The average Bonchev–Trinajstić information content (AvgIpc) is 2.29. The molecule has 0 aliphatic heterocycles. The molecule has 1 heterocycles. The Labute approximate surface area is 123 Å². The highest BCUT2D eigenvalue weighted by Gasteiger charge is 2.22. The summed E-state index contributed by atoms with van der Waals surface area (Å²) >= 11 is 2.30. The Morgan fingerprint density at radius 2 is 1.94 bits per heavy atom. The van der Waals surface area contributed by atoms with Crippen molar-refractivity contribution in [1.29, 1.82) is 0 Å². The molecule has 0 aliphatic carbocycles. The molecular weight excluding hydrogens is 341 g/mol. The largest absolute Gasteiger partial charge is 0.373 e. The van der Waals surface area contributed by atoms with Crippen molar-refractivity contribution in [2.75, 3.05) is 19.0 Å². The lowest BCUT2D eigenvalue weighted by molar-refractivity contribution is 0.116. The van der Waals surface area contributed by atoms with Crippen LogP contribution >= 0.6 is 22.6 Å². The number of hydrogen-bond acceptors (Lipinski definition) is 4. The maximum Gasteiger partial charge on any atom is 0.156 e. The maximum atomic E-state index is 5.52. The number of hydrogen-bond donors (Lipinski definition) is 1. The monoisotopic (exact) mass is 363 g/mol. The highest BCUT2D eigenvalue weighted by Crippen LogP contribution is 2.29. The van der Waals surface area contributed by atoms with Crippen molar-refractivity contribution in [3.63, 3.8) is 0 Å². The molecule has 0 fully saturated rings. The van der Waals surface area contributed by atoms with Gasteiger partial charge in [0.2, 0.25) is 0 Å². The molecule has 0 radical (unpaired) electrons. The van der Waals surface area contributed by atoms with Gasteiger partial charge in [0, 0.05) is 19.1 Å². The first-order valence-corrected chi connectivity index (χ1v) is 7.30. The second-order valence-corrected chi connectivity index (χ2v) is 6.28. The zero-order chi connectivity index (χ0) is 13.8. The summed E-state index contributed by atoms with van der Waals surface area (Å²) in [6.45, 7) is 9.79. The molecule has 1 N–H and O–H groups in total. The van der Waals surface area contributed by atoms with E-state index in [2.05, 4.69) is 65.6 Å². The summed E-state index contributed by atoms with van der Waals surface area (Å²) in [5, 5.41) is 3.12. The second-order valence-electron chi connectivity index (χ2n) is 5.20. The Kier molecular flexibility index (Phi) is 5.78. The van der Waals surface area contributed by atoms with E-state index >= 15 is 0 Å². The molecule has 1 aromatic heterocycles. The van der Waals surface area contributed by atoms with Crippen LogP contribution in [0.5, 0.6) is 0 Å². The Bertz CT molecular complexity index is 402. The Morgan fingerprint density at radius 1 is 1.28 bits per heavy atom. The smallest absolute Gasteiger partial charge is 0.156 e. The van der Waals surface area contributed by atoms with Crippen LogP contribution in [0, 0.1) is 3.57 Å². The molecule has 0 aliphatic rings. The van der Waals surface area contributed by atoms with E-state index in [4.69, 9.17) is 4.74 Å². The van der Waals surface area contributed by atoms with E-state index in [1.54, 1.807) is 0 Å². The summed E-state index contributed by atoms with van der Waals surface area (Å²) in [6.07, 6.45) is 1.01. The number of rotatable bonds is 5. The first-order chi connectivity index (χ1) is 8.40. The molecule has 0 saturated carbocycles. The minimum absolute atomic E-state index is 0.00453. The van der Waals surface area contributed by atoms with Crippen molar-refractivity contribution >= 4 is 28.4 Å². The molecule has 1 rings (SSSR count). The zero-order valence-electron chi connectivity index (χ0n) is 11.8. The topological polar surface area (TPSA) is 47.0 Å². The van der Waals surface area contributed by atoms with Crippen molar-refractivity contribution in [3.05, 3.63) is 15.1 Å². The maximum absolute atomic E-state index is 5.52. The molecule has 1 aromatic rings. The lowest BCUT2D eigenvalue weighted by Gasteiger charge is -2.21. The lowest BCUT2D eigenvalue weighted by atomic mass is 9.92. The van der Waals surface area contributed by atoms with Crippen LogP contribution in [0.1, 0.15) is 45.6 Å². The van der Waals surface area contributed by atoms with Gasteiger partial charge in [0.25, 0.3) is 0 Å². The number of anilines is 1. The third-order valence-corrected chi connectivity index (χ3v) is 3.45. The number of aromatic nitrogens is 2. The van der Waals surface area contributed by atoms with Crippen LogP contribution in [-0.4, -0.2) is 23.6 Å². The van der Waals surface area contributed by atoms with Gasteiger partial charge < -0.3 is 10.1 Å². The molecule has 4 nitrogen and oxygen atoms in total. The summed E-state index contributed by atoms with van der Waals surface area (Å²) < 4.78 is 6.61. The van der Waals surface area contributed by atoms with Gasteiger partial charge in [-0.3, -0.25) is 0 Å². The van der Waals surface area contributed by atoms with Gasteiger partial charge in [-0.25, -0.2) is 9.97 Å². The van der Waals surface area contributed by atoms with E-state index in [9.17, 15) is 0 Å². The molecule has 18 heavy (non-hydrogen) atoms. The van der Waals surface area contributed by atoms with Gasteiger partial charge in [-0.2, -0.15) is 0 Å². The van der Waals surface area contributed by atoms with Gasteiger partial charge in [0.1, 0.15) is 12.4 Å². The first-order valence-electron chi connectivity index (χ1n) is 6.22. The summed E-state index contributed by atoms with van der Waals surface area (Å²) in [4.78, 5) is 9.12. The highest BCUT2D eigenvalue weighted by molar-refractivity contribution is 14.1. The summed E-state index contributed by atoms with van der Waals surface area (Å²) in [5.41, 5.74) is 1.07. The fraction of sp³-hybridized carbons (Fsp3) is 0.692. The molecule has 0 spiro atoms. The highest BCUT2D eigenvalue weighted by atomic mass is 127. The number of nitrogens with zero attached hydrogens (tertiary/aromatic N) is 2. The van der Waals surface area contributed by atoms with E-state index in [0.29, 0.717) is 6.61 Å². The van der Waals surface area contributed by atoms with Crippen LogP contribution < -0.4 is 5.32 Å². The number of ether oxygens (including phenoxy) is 1. The van der Waals surface area contributed by atoms with Gasteiger partial charge >= 0.3 is 0 Å². The number of nitrogens with one attached hydrogen (secondary N) is 1. The Morgan fingerprint density at radius 3 is 2.44 bits per heavy atom. The zero-order valence-corrected chi connectivity index (χ0v) is 14.0. The van der Waals surface area contributed by atoms with Crippen LogP contribution in [0.15, 0.2) is 0 Å². The van der Waals surface area contributed by atoms with Crippen molar-refractivity contribution < 1.29 is 4.74 Å². The molecule has 0 atom stereocenters. The van der Waals surface area contributed by atoms with Crippen LogP contribution in [0.25, 0.3) is 0 Å². The lowest BCUT2D eigenvalue weighted by Crippen LogP contribution is -2.19. The van der Waals surface area contributed by atoms with Crippen LogP contribution in [0.2, 0.25) is 0 Å². The van der Waals surface area contributed by atoms with Gasteiger partial charge in [0.15, 0.2) is 5.82 Å². The molecule has 0 bridgehead atoms. The van der Waals surface area contributed by atoms with E-state index in [1.165, 1.54) is 0 Å². The predicted octanol–water partition coefficient (Wildman–Crippen LogP) is 3.35. The summed E-state index contributed by atoms with van der Waals surface area (Å²) in [7, 11) is 1.88. The van der Waals surface area contributed by atoms with E-state index < -0.39 is 0 Å². The van der Waals surface area contributed by atoms with Crippen molar-refractivity contribution in [1.82, 2.24) is 9.97 Å². The van der Waals surface area contributed by atoms with Crippen molar-refractivity contribution in [2.24, 2.45) is 0 Å². The van der Waals surface area contributed by atoms with Gasteiger partial charge in [-0.05, 0) is 29.0 Å². The average molecular weight is 363 g/mol. The second kappa shape index (κ2) is 6.65. The molecule has 5 heteroatoms. The van der Waals surface area contributed by atoms with Gasteiger partial charge in [-0.1, -0.05) is 27.7 Å². The summed E-state index contributed by atoms with van der Waals surface area (Å²) in [5.74, 6) is 1.63. The van der Waals surface area contributed by atoms with E-state index in [1.807, 2.05) is 7.05 Å². The quantitative estimate of drug-likeness (QED) is 0.644. The van der Waals surface area contributed by atoms with E-state index in [-0.39, 0.29) is 5.41 Å². The minimum atomic E-state index is 0.00453. The molecule has 0 aromatic carbocycles. The minimum Gasteiger partial charge on any atom is -0.373 e. The Balaban J connectivity index is 3.06. The van der Waals surface area contributed by atoms with Crippen LogP contribution in [-0.2, 0) is 16.8 Å². The summed E-state index contributed by atoms with van der Waals surface area (Å²) in [6, 6.07) is 0. The molecule has 0 amide bonds. The van der Waals surface area contributed by atoms with Crippen molar-refractivity contribution in [3.8, 4) is 0 Å². The third-order valence-electron chi connectivity index (χ3n) is 2.42. The Hall–Kier alpha value is -0.430. The molecule has 0 saturated heterocycles. The predicted molar refractivity (Wildman–Crippen MR) is 82.9 cm³/mol. The molecular formula is C13H22IN3O. The van der Waals surface area contributed by atoms with Gasteiger partial charge in [0.05, 0.1) is 9.26 Å². The van der Waals surface area contributed by atoms with E-state index in [0.717, 1.165) is 33.9 Å². The fourth-order valence-electron chi connectivity index (χ4n) is 1.53. The number of halogens is 1. The van der Waals surface area contributed by atoms with Crippen LogP contribution in [0.3, 0.4) is 0 Å². The SMILES string of the molecule is CCCOCc1nc(NC)c(I)c(C(C)(C)C)n1. The normalized spacial score (nSPS) is 11.7. The van der Waals surface area contributed by atoms with Crippen LogP contribution in [0.4, 0.5) is 5.82 Å². The molecule has 102 valence electrons. The first kappa shape index (κ1) is 15.6. The third kappa shape index (κ3) is 4.05. The molecule has 0 unspecified atom stereocenters. The van der Waals surface area contributed by atoms with Gasteiger partial charge in [-0.15, -0.1) is 0 Å². The fourth-order valence-corrected chi connectivity index (χ4v) is 2.85. The standard InChI is InChI=1S/C13H22IN3O/c1-6-7-18-8-9-16-11(13(2,3)4)10(14)12(15-5)17-9/h6-8H2,1-5H3,(H,15,16,17). The van der Waals surface area contributed by atoms with Crippen molar-refractivity contribution in [2.45, 2.75) is 46.1 Å².